The summed E-state index contributed by atoms with van der Waals surface area (Å²) in [5, 5.41) is 3.31. The molecule has 1 atom stereocenters. The second-order valence-corrected chi connectivity index (χ2v) is 9.47. The molecular formula is C12H17Cl2N3O2S2. The molecule has 0 bridgehead atoms. The van der Waals surface area contributed by atoms with E-state index in [-0.39, 0.29) is 9.23 Å². The van der Waals surface area contributed by atoms with Crippen molar-refractivity contribution in [3.63, 3.8) is 0 Å². The Morgan fingerprint density at radius 1 is 1.24 bits per heavy atom. The standard InChI is InChI=1S/C12H17Cl2N3O2S2/c13-11-7-10(12(14)20-11)21(18,19)17-4-1-9(8-17)16-5-2-15-3-6-16/h7,9,15H,1-6,8H2. The lowest BCUT2D eigenvalue weighted by atomic mass is 10.2. The first kappa shape index (κ1) is 16.0. The van der Waals surface area contributed by atoms with E-state index < -0.39 is 10.0 Å². The van der Waals surface area contributed by atoms with Crippen molar-refractivity contribution in [3.8, 4) is 0 Å². The number of nitrogens with zero attached hydrogens (tertiary/aromatic N) is 2. The molecule has 0 amide bonds. The highest BCUT2D eigenvalue weighted by molar-refractivity contribution is 7.89. The Hall–Kier alpha value is 0.110. The Bertz CT molecular complexity index is 614. The zero-order valence-corrected chi connectivity index (χ0v) is 14.5. The molecule has 3 heterocycles. The molecule has 0 saturated carbocycles. The Balaban J connectivity index is 1.74. The first-order chi connectivity index (χ1) is 9.98. The molecule has 2 fully saturated rings. The van der Waals surface area contributed by atoms with E-state index in [1.165, 1.54) is 10.4 Å². The molecule has 2 aliphatic rings. The summed E-state index contributed by atoms with van der Waals surface area (Å²) in [6.07, 6.45) is 0.870. The number of piperazine rings is 1. The molecule has 1 aromatic heterocycles. The third-order valence-corrected chi connectivity index (χ3v) is 7.66. The summed E-state index contributed by atoms with van der Waals surface area (Å²) < 4.78 is 27.5. The SMILES string of the molecule is O=S(=O)(c1cc(Cl)sc1Cl)N1CCC(N2CCNCC2)C1. The third kappa shape index (κ3) is 3.24. The molecule has 1 N–H and O–H groups in total. The lowest BCUT2D eigenvalue weighted by Gasteiger charge is -2.32. The van der Waals surface area contributed by atoms with Gasteiger partial charge in [-0.2, -0.15) is 4.31 Å². The van der Waals surface area contributed by atoms with Gasteiger partial charge in [0, 0.05) is 45.3 Å². The summed E-state index contributed by atoms with van der Waals surface area (Å²) in [4.78, 5) is 2.51. The number of nitrogens with one attached hydrogen (secondary N) is 1. The molecule has 21 heavy (non-hydrogen) atoms. The summed E-state index contributed by atoms with van der Waals surface area (Å²) in [6, 6.07) is 1.75. The molecule has 9 heteroatoms. The van der Waals surface area contributed by atoms with Gasteiger partial charge >= 0.3 is 0 Å². The van der Waals surface area contributed by atoms with Gasteiger partial charge in [-0.25, -0.2) is 8.42 Å². The topological polar surface area (TPSA) is 52.7 Å². The number of hydrogen-bond donors (Lipinski definition) is 1. The summed E-state index contributed by atoms with van der Waals surface area (Å²) in [5.74, 6) is 0. The van der Waals surface area contributed by atoms with E-state index in [1.807, 2.05) is 0 Å². The molecule has 1 unspecified atom stereocenters. The van der Waals surface area contributed by atoms with E-state index in [4.69, 9.17) is 23.2 Å². The van der Waals surface area contributed by atoms with Gasteiger partial charge in [-0.15, -0.1) is 11.3 Å². The maximum Gasteiger partial charge on any atom is 0.245 e. The highest BCUT2D eigenvalue weighted by atomic mass is 35.5. The first-order valence-corrected chi connectivity index (χ1v) is 9.89. The summed E-state index contributed by atoms with van der Waals surface area (Å²) in [7, 11) is -3.54. The normalized spacial score (nSPS) is 25.5. The average molecular weight is 370 g/mol. The minimum Gasteiger partial charge on any atom is -0.314 e. The highest BCUT2D eigenvalue weighted by Crippen LogP contribution is 2.36. The van der Waals surface area contributed by atoms with Gasteiger partial charge in [0.05, 0.1) is 4.34 Å². The van der Waals surface area contributed by atoms with Gasteiger partial charge in [-0.3, -0.25) is 4.90 Å². The fraction of sp³-hybridized carbons (Fsp3) is 0.667. The van der Waals surface area contributed by atoms with Gasteiger partial charge in [0.2, 0.25) is 10.0 Å². The fourth-order valence-electron chi connectivity index (χ4n) is 2.91. The maximum atomic E-state index is 12.7. The van der Waals surface area contributed by atoms with Gasteiger partial charge in [0.15, 0.2) is 0 Å². The van der Waals surface area contributed by atoms with Crippen molar-refractivity contribution in [3.05, 3.63) is 14.7 Å². The smallest absolute Gasteiger partial charge is 0.245 e. The summed E-state index contributed by atoms with van der Waals surface area (Å²) in [5.41, 5.74) is 0. The molecule has 0 aromatic carbocycles. The van der Waals surface area contributed by atoms with Crippen LogP contribution in [0, 0.1) is 0 Å². The number of sulfonamides is 1. The summed E-state index contributed by atoms with van der Waals surface area (Å²) >= 11 is 13.0. The van der Waals surface area contributed by atoms with Crippen LogP contribution in [0.5, 0.6) is 0 Å². The zero-order chi connectivity index (χ0) is 15.0. The van der Waals surface area contributed by atoms with Crippen molar-refractivity contribution in [2.75, 3.05) is 39.3 Å². The zero-order valence-electron chi connectivity index (χ0n) is 11.4. The van der Waals surface area contributed by atoms with Crippen molar-refractivity contribution in [2.24, 2.45) is 0 Å². The molecule has 5 nitrogen and oxygen atoms in total. The first-order valence-electron chi connectivity index (χ1n) is 6.88. The third-order valence-electron chi connectivity index (χ3n) is 4.04. The lowest BCUT2D eigenvalue weighted by molar-refractivity contribution is 0.179. The molecule has 1 aromatic rings. The second kappa shape index (κ2) is 6.31. The Kier molecular flexibility index (Phi) is 4.80. The number of hydrogen-bond acceptors (Lipinski definition) is 5. The average Bonchev–Trinajstić information content (AvgIpc) is 3.07. The van der Waals surface area contributed by atoms with Crippen LogP contribution in [0.15, 0.2) is 11.0 Å². The van der Waals surface area contributed by atoms with Crippen LogP contribution in [-0.2, 0) is 10.0 Å². The molecule has 0 spiro atoms. The van der Waals surface area contributed by atoms with Crippen LogP contribution >= 0.6 is 34.5 Å². The molecule has 3 rings (SSSR count). The van der Waals surface area contributed by atoms with Gasteiger partial charge in [-0.1, -0.05) is 23.2 Å². The predicted octanol–water partition coefficient (Wildman–Crippen LogP) is 1.72. The lowest BCUT2D eigenvalue weighted by Crippen LogP contribution is -2.49. The molecule has 2 saturated heterocycles. The Morgan fingerprint density at radius 3 is 2.57 bits per heavy atom. The molecule has 0 aliphatic carbocycles. The van der Waals surface area contributed by atoms with Crippen molar-refractivity contribution >= 4 is 44.6 Å². The van der Waals surface area contributed by atoms with Crippen LogP contribution < -0.4 is 5.32 Å². The predicted molar refractivity (Wildman–Crippen MR) is 85.9 cm³/mol. The van der Waals surface area contributed by atoms with E-state index in [2.05, 4.69) is 10.2 Å². The van der Waals surface area contributed by atoms with Gasteiger partial charge in [-0.05, 0) is 12.5 Å². The highest BCUT2D eigenvalue weighted by Gasteiger charge is 2.37. The van der Waals surface area contributed by atoms with Crippen LogP contribution in [0.3, 0.4) is 0 Å². The minimum atomic E-state index is -3.54. The van der Waals surface area contributed by atoms with Gasteiger partial charge in [0.1, 0.15) is 9.23 Å². The van der Waals surface area contributed by atoms with Crippen LogP contribution in [0.1, 0.15) is 6.42 Å². The van der Waals surface area contributed by atoms with E-state index in [0.29, 0.717) is 23.5 Å². The quantitative estimate of drug-likeness (QED) is 0.881. The largest absolute Gasteiger partial charge is 0.314 e. The minimum absolute atomic E-state index is 0.139. The summed E-state index contributed by atoms with van der Waals surface area (Å²) in [6.45, 7) is 4.96. The van der Waals surface area contributed by atoms with Crippen LogP contribution in [0.2, 0.25) is 8.67 Å². The van der Waals surface area contributed by atoms with E-state index in [0.717, 1.165) is 43.9 Å². The van der Waals surface area contributed by atoms with E-state index >= 15 is 0 Å². The van der Waals surface area contributed by atoms with Gasteiger partial charge in [0.25, 0.3) is 0 Å². The van der Waals surface area contributed by atoms with Crippen molar-refractivity contribution < 1.29 is 8.42 Å². The van der Waals surface area contributed by atoms with Crippen molar-refractivity contribution in [2.45, 2.75) is 17.4 Å². The van der Waals surface area contributed by atoms with Crippen molar-refractivity contribution in [1.29, 1.82) is 0 Å². The maximum absolute atomic E-state index is 12.7. The Labute approximate surface area is 138 Å². The molecule has 2 aliphatic heterocycles. The molecule has 118 valence electrons. The molecule has 0 radical (unpaired) electrons. The van der Waals surface area contributed by atoms with Gasteiger partial charge < -0.3 is 5.32 Å². The Morgan fingerprint density at radius 2 is 1.95 bits per heavy atom. The number of rotatable bonds is 3. The van der Waals surface area contributed by atoms with E-state index in [9.17, 15) is 8.42 Å². The second-order valence-electron chi connectivity index (χ2n) is 5.28. The van der Waals surface area contributed by atoms with Crippen LogP contribution in [0.25, 0.3) is 0 Å². The van der Waals surface area contributed by atoms with E-state index in [1.54, 1.807) is 0 Å². The fourth-order valence-corrected chi connectivity index (χ4v) is 6.52. The van der Waals surface area contributed by atoms with Crippen LogP contribution in [-0.4, -0.2) is 62.9 Å². The number of halogens is 2. The number of thiophene rings is 1. The monoisotopic (exact) mass is 369 g/mol. The van der Waals surface area contributed by atoms with Crippen LogP contribution in [0.4, 0.5) is 0 Å². The van der Waals surface area contributed by atoms with Crippen molar-refractivity contribution in [1.82, 2.24) is 14.5 Å². The molecular weight excluding hydrogens is 353 g/mol.